The van der Waals surface area contributed by atoms with E-state index in [2.05, 4.69) is 31.9 Å². The second-order valence-corrected chi connectivity index (χ2v) is 15.2. The Balaban J connectivity index is 1.81. The minimum atomic E-state index is -1.74. The van der Waals surface area contributed by atoms with Crippen LogP contribution in [0.25, 0.3) is 0 Å². The highest BCUT2D eigenvalue weighted by atomic mass is 16.4. The van der Waals surface area contributed by atoms with Gasteiger partial charge in [-0.1, -0.05) is 44.2 Å². The molecule has 7 atom stereocenters. The molecule has 1 aromatic rings. The van der Waals surface area contributed by atoms with Gasteiger partial charge in [-0.25, -0.2) is 4.79 Å². The number of carbonyl (C=O) groups excluding carboxylic acids is 7. The summed E-state index contributed by atoms with van der Waals surface area (Å²) >= 11 is 0. The van der Waals surface area contributed by atoms with Crippen molar-refractivity contribution in [2.75, 3.05) is 19.6 Å². The number of aliphatic carboxylic acids is 2. The fraction of sp³-hybridized carbons (Fsp3) is 0.615. The van der Waals surface area contributed by atoms with Crippen molar-refractivity contribution in [1.29, 1.82) is 0 Å². The number of unbranched alkanes of at least 4 members (excludes halogenated alkanes) is 1. The number of carboxylic acid groups (broad SMARTS) is 2. The Morgan fingerprint density at radius 3 is 1.98 bits per heavy atom. The molecule has 0 saturated carbocycles. The number of nitrogens with two attached hydrogens (primary N) is 2. The van der Waals surface area contributed by atoms with Gasteiger partial charge in [0.25, 0.3) is 0 Å². The summed E-state index contributed by atoms with van der Waals surface area (Å²) in [4.78, 5) is 118. The summed E-state index contributed by atoms with van der Waals surface area (Å²) in [6.07, 6.45) is 1.49. The molecule has 3 rings (SSSR count). The molecular weight excluding hydrogens is 770 g/mol. The average molecular weight is 830 g/mol. The monoisotopic (exact) mass is 829 g/mol. The zero-order valence-corrected chi connectivity index (χ0v) is 33.6. The van der Waals surface area contributed by atoms with Crippen LogP contribution in [0, 0.1) is 5.92 Å². The number of amides is 7. The Morgan fingerprint density at radius 2 is 1.41 bits per heavy atom. The SMILES string of the molecule is CC(C)C(NC(=O)C(CC(=O)O)NC(=O)C(CCC(N)=O)NC(=O)C1CCCN1)C(=O)NC(CCCCN)C(=O)NC(Cc1ccccc1)C(=O)N1CCCC1C(=O)O. The van der Waals surface area contributed by atoms with Gasteiger partial charge >= 0.3 is 11.9 Å². The zero-order chi connectivity index (χ0) is 43.6. The first-order valence-corrected chi connectivity index (χ1v) is 20.0. The molecule has 7 amide bonds. The van der Waals surface area contributed by atoms with Gasteiger partial charge in [-0.3, -0.25) is 38.4 Å². The van der Waals surface area contributed by atoms with Crippen LogP contribution >= 0.6 is 0 Å². The van der Waals surface area contributed by atoms with Gasteiger partial charge in [0.05, 0.1) is 12.5 Å². The summed E-state index contributed by atoms with van der Waals surface area (Å²) in [5.41, 5.74) is 11.7. The number of carbonyl (C=O) groups is 9. The largest absolute Gasteiger partial charge is 0.481 e. The van der Waals surface area contributed by atoms with Crippen LogP contribution in [0.15, 0.2) is 30.3 Å². The first-order valence-electron chi connectivity index (χ1n) is 20.0. The van der Waals surface area contributed by atoms with E-state index in [1.807, 2.05) is 0 Å². The summed E-state index contributed by atoms with van der Waals surface area (Å²) in [6.45, 7) is 4.24. The molecule has 0 spiro atoms. The van der Waals surface area contributed by atoms with Gasteiger partial charge in [-0.15, -0.1) is 0 Å². The van der Waals surface area contributed by atoms with Crippen LogP contribution in [-0.2, 0) is 49.6 Å². The number of carboxylic acids is 2. The highest BCUT2D eigenvalue weighted by Crippen LogP contribution is 2.20. The van der Waals surface area contributed by atoms with Gasteiger partial charge in [0.2, 0.25) is 41.4 Å². The lowest BCUT2D eigenvalue weighted by Crippen LogP contribution is -2.61. The standard InChI is InChI=1S/C39H59N9O11/c1-22(2)32(47-36(55)27(21-31(50)51)45-35(54)26(15-16-30(41)49)43-33(52)24-13-8-18-42-24)37(56)44-25(12-6-7-17-40)34(53)46-28(20-23-10-4-3-5-11-23)38(57)48-19-9-14-29(48)39(58)59/h3-5,10-11,22,24-29,32,42H,6-9,12-21,40H2,1-2H3,(H2,41,49)(H,43,52)(H,44,56)(H,45,54)(H,46,53)(H,47,55)(H,50,51)(H,58,59). The Kier molecular flexibility index (Phi) is 19.2. The van der Waals surface area contributed by atoms with Crippen LogP contribution < -0.4 is 43.4 Å². The van der Waals surface area contributed by atoms with Crippen molar-refractivity contribution < 1.29 is 53.4 Å². The Labute approximate surface area is 342 Å². The predicted molar refractivity (Wildman–Crippen MR) is 212 cm³/mol. The third kappa shape index (κ3) is 15.2. The number of nitrogens with zero attached hydrogens (tertiary/aromatic N) is 1. The molecule has 326 valence electrons. The van der Waals surface area contributed by atoms with E-state index in [0.717, 1.165) is 6.42 Å². The highest BCUT2D eigenvalue weighted by molar-refractivity contribution is 5.98. The van der Waals surface area contributed by atoms with Crippen LogP contribution in [0.5, 0.6) is 0 Å². The van der Waals surface area contributed by atoms with Crippen molar-refractivity contribution in [3.05, 3.63) is 35.9 Å². The number of hydrogen-bond donors (Lipinski definition) is 10. The lowest BCUT2D eigenvalue weighted by atomic mass is 10.00. The van der Waals surface area contributed by atoms with Gasteiger partial charge < -0.3 is 58.5 Å². The van der Waals surface area contributed by atoms with Gasteiger partial charge in [-0.05, 0) is 75.9 Å². The number of rotatable bonds is 24. The van der Waals surface area contributed by atoms with E-state index < -0.39 is 108 Å². The quantitative estimate of drug-likeness (QED) is 0.0505. The van der Waals surface area contributed by atoms with Crippen LogP contribution in [0.1, 0.15) is 83.6 Å². The van der Waals surface area contributed by atoms with Gasteiger partial charge in [-0.2, -0.15) is 0 Å². The molecule has 12 N–H and O–H groups in total. The Bertz CT molecular complexity index is 1660. The fourth-order valence-corrected chi connectivity index (χ4v) is 7.01. The molecule has 1 aromatic carbocycles. The molecule has 59 heavy (non-hydrogen) atoms. The van der Waals surface area contributed by atoms with Gasteiger partial charge in [0.1, 0.15) is 36.3 Å². The molecule has 7 unspecified atom stereocenters. The summed E-state index contributed by atoms with van der Waals surface area (Å²) in [7, 11) is 0. The number of likely N-dealkylation sites (tertiary alicyclic amines) is 1. The van der Waals surface area contributed by atoms with E-state index in [4.69, 9.17) is 11.5 Å². The molecule has 2 heterocycles. The smallest absolute Gasteiger partial charge is 0.326 e. The van der Waals surface area contributed by atoms with Gasteiger partial charge in [0, 0.05) is 19.4 Å². The maximum absolute atomic E-state index is 14.0. The summed E-state index contributed by atoms with van der Waals surface area (Å²) in [5.74, 6) is -8.71. The number of primary amides is 1. The first-order chi connectivity index (χ1) is 28.0. The molecule has 0 aliphatic carbocycles. The van der Waals surface area contributed by atoms with Crippen molar-refractivity contribution in [3.63, 3.8) is 0 Å². The maximum Gasteiger partial charge on any atom is 0.326 e. The molecule has 0 radical (unpaired) electrons. The summed E-state index contributed by atoms with van der Waals surface area (Å²) in [5, 5.41) is 35.1. The van der Waals surface area contributed by atoms with E-state index in [-0.39, 0.29) is 45.2 Å². The normalized spacial score (nSPS) is 18.7. The lowest BCUT2D eigenvalue weighted by Gasteiger charge is -2.30. The molecule has 0 bridgehead atoms. The lowest BCUT2D eigenvalue weighted by molar-refractivity contribution is -0.149. The molecule has 0 aromatic heterocycles. The van der Waals surface area contributed by atoms with Crippen molar-refractivity contribution in [3.8, 4) is 0 Å². The Morgan fingerprint density at radius 1 is 0.780 bits per heavy atom. The number of benzene rings is 1. The van der Waals surface area contributed by atoms with Crippen LogP contribution in [0.4, 0.5) is 0 Å². The van der Waals surface area contributed by atoms with E-state index >= 15 is 0 Å². The fourth-order valence-electron chi connectivity index (χ4n) is 7.01. The Hall–Kier alpha value is -5.63. The summed E-state index contributed by atoms with van der Waals surface area (Å²) in [6, 6.07) is 0.280. The molecule has 2 aliphatic rings. The maximum atomic E-state index is 14.0. The second kappa shape index (κ2) is 23.7. The molecule has 2 aliphatic heterocycles. The third-order valence-electron chi connectivity index (χ3n) is 10.2. The molecule has 2 fully saturated rings. The minimum Gasteiger partial charge on any atom is -0.481 e. The highest BCUT2D eigenvalue weighted by Gasteiger charge is 2.39. The zero-order valence-electron chi connectivity index (χ0n) is 33.6. The van der Waals surface area contributed by atoms with Crippen LogP contribution in [0.2, 0.25) is 0 Å². The minimum absolute atomic E-state index is 0.0314. The van der Waals surface area contributed by atoms with E-state index in [1.54, 1.807) is 44.2 Å². The average Bonchev–Trinajstić information content (AvgIpc) is 3.91. The van der Waals surface area contributed by atoms with Crippen LogP contribution in [0.3, 0.4) is 0 Å². The van der Waals surface area contributed by atoms with E-state index in [0.29, 0.717) is 37.8 Å². The van der Waals surface area contributed by atoms with Crippen molar-refractivity contribution in [2.45, 2.75) is 127 Å². The first kappa shape index (κ1) is 47.7. The molecule has 20 nitrogen and oxygen atoms in total. The number of nitrogens with one attached hydrogen (secondary N) is 6. The predicted octanol–water partition coefficient (Wildman–Crippen LogP) is -1.99. The van der Waals surface area contributed by atoms with Crippen LogP contribution in [-0.4, -0.2) is 130 Å². The van der Waals surface area contributed by atoms with Crippen molar-refractivity contribution >= 4 is 53.3 Å². The third-order valence-corrected chi connectivity index (χ3v) is 10.2. The molecule has 20 heteroatoms. The second-order valence-electron chi connectivity index (χ2n) is 15.2. The summed E-state index contributed by atoms with van der Waals surface area (Å²) < 4.78 is 0. The topological polar surface area (TPSA) is 322 Å². The molecule has 2 saturated heterocycles. The van der Waals surface area contributed by atoms with Crippen molar-refractivity contribution in [1.82, 2.24) is 36.8 Å². The van der Waals surface area contributed by atoms with Gasteiger partial charge in [0.15, 0.2) is 0 Å². The van der Waals surface area contributed by atoms with E-state index in [9.17, 15) is 53.4 Å². The van der Waals surface area contributed by atoms with E-state index in [1.165, 1.54) is 4.90 Å². The molecular formula is C39H59N9O11. The van der Waals surface area contributed by atoms with Crippen molar-refractivity contribution in [2.24, 2.45) is 17.4 Å². The number of hydrogen-bond acceptors (Lipinski definition) is 11.